The molecule has 1 aliphatic rings. The summed E-state index contributed by atoms with van der Waals surface area (Å²) in [5, 5.41) is 0. The van der Waals surface area contributed by atoms with Gasteiger partial charge < -0.3 is 4.89 Å². The van der Waals surface area contributed by atoms with Crippen molar-refractivity contribution in [2.24, 2.45) is 0 Å². The predicted octanol–water partition coefficient (Wildman–Crippen LogP) is 1.49. The van der Waals surface area contributed by atoms with E-state index in [1.807, 2.05) is 13.8 Å². The first kappa shape index (κ1) is 6.50. The van der Waals surface area contributed by atoms with Gasteiger partial charge in [-0.2, -0.15) is 4.89 Å². The van der Waals surface area contributed by atoms with Gasteiger partial charge in [0.25, 0.3) is 0 Å². The van der Waals surface area contributed by atoms with Gasteiger partial charge in [-0.05, 0) is 6.08 Å². The fourth-order valence-electron chi connectivity index (χ4n) is 0.196. The van der Waals surface area contributed by atoms with E-state index in [1.54, 1.807) is 6.08 Å². The highest BCUT2D eigenvalue weighted by Crippen LogP contribution is 1.88. The molecule has 42 valence electrons. The highest BCUT2D eigenvalue weighted by atomic mass is 17.2. The maximum Gasteiger partial charge on any atom is 0.128 e. The molecule has 0 aliphatic carbocycles. The highest BCUT2D eigenvalue weighted by Gasteiger charge is 1.84. The molecule has 0 saturated carbocycles. The van der Waals surface area contributed by atoms with E-state index in [0.717, 1.165) is 0 Å². The Balaban J connectivity index is 0.000000162. The number of hydrogen-bond acceptors (Lipinski definition) is 2. The van der Waals surface area contributed by atoms with E-state index in [4.69, 9.17) is 0 Å². The third-order valence-corrected chi connectivity index (χ3v) is 0.384. The van der Waals surface area contributed by atoms with Crippen LogP contribution in [0.1, 0.15) is 13.8 Å². The lowest BCUT2D eigenvalue weighted by molar-refractivity contribution is -0.221. The zero-order valence-corrected chi connectivity index (χ0v) is 4.68. The van der Waals surface area contributed by atoms with Gasteiger partial charge in [0.2, 0.25) is 0 Å². The first-order valence-electron chi connectivity index (χ1n) is 2.43. The van der Waals surface area contributed by atoms with Gasteiger partial charge in [0.1, 0.15) is 12.9 Å². The van der Waals surface area contributed by atoms with Gasteiger partial charge in [0, 0.05) is 0 Å². The molecule has 0 atom stereocenters. The average Bonchev–Trinajstić information content (AvgIpc) is 2.23. The SMILES string of the molecule is C1=COOC1.CC. The van der Waals surface area contributed by atoms with Crippen LogP contribution in [0.5, 0.6) is 0 Å². The van der Waals surface area contributed by atoms with Crippen LogP contribution in [0.15, 0.2) is 12.3 Å². The van der Waals surface area contributed by atoms with E-state index in [1.165, 1.54) is 6.26 Å². The lowest BCUT2D eigenvalue weighted by Crippen LogP contribution is -1.73. The molecule has 0 N–H and O–H groups in total. The monoisotopic (exact) mass is 102 g/mol. The summed E-state index contributed by atoms with van der Waals surface area (Å²) in [6.45, 7) is 4.60. The Morgan fingerprint density at radius 3 is 2.29 bits per heavy atom. The fourth-order valence-corrected chi connectivity index (χ4v) is 0.196. The molecule has 1 heterocycles. The minimum absolute atomic E-state index is 0.597. The molecule has 0 radical (unpaired) electrons. The summed E-state index contributed by atoms with van der Waals surface area (Å²) in [4.78, 5) is 8.60. The molecule has 0 fully saturated rings. The second-order valence-electron chi connectivity index (χ2n) is 0.753. The summed E-state index contributed by atoms with van der Waals surface area (Å²) in [6.07, 6.45) is 3.31. The zero-order valence-electron chi connectivity index (χ0n) is 4.68. The largest absolute Gasteiger partial charge is 0.345 e. The molecule has 1 rings (SSSR count). The van der Waals surface area contributed by atoms with E-state index in [-0.39, 0.29) is 0 Å². The van der Waals surface area contributed by atoms with E-state index in [2.05, 4.69) is 9.78 Å². The molecule has 0 bridgehead atoms. The molecule has 0 aromatic rings. The van der Waals surface area contributed by atoms with Crippen molar-refractivity contribution in [3.63, 3.8) is 0 Å². The number of rotatable bonds is 0. The smallest absolute Gasteiger partial charge is 0.128 e. The Morgan fingerprint density at radius 1 is 1.43 bits per heavy atom. The van der Waals surface area contributed by atoms with E-state index in [0.29, 0.717) is 6.61 Å². The summed E-state index contributed by atoms with van der Waals surface area (Å²) in [6, 6.07) is 0. The Kier molecular flexibility index (Phi) is 5.11. The summed E-state index contributed by atoms with van der Waals surface area (Å²) in [5.74, 6) is 0. The van der Waals surface area contributed by atoms with Crippen molar-refractivity contribution in [1.82, 2.24) is 0 Å². The lowest BCUT2D eigenvalue weighted by atomic mass is 10.7. The van der Waals surface area contributed by atoms with E-state index >= 15 is 0 Å². The molecule has 0 aromatic heterocycles. The van der Waals surface area contributed by atoms with Crippen LogP contribution in [0.4, 0.5) is 0 Å². The maximum absolute atomic E-state index is 4.33. The molecule has 2 heteroatoms. The Bertz CT molecular complexity index is 44.0. The Hall–Kier alpha value is -0.500. The van der Waals surface area contributed by atoms with Crippen molar-refractivity contribution < 1.29 is 9.78 Å². The van der Waals surface area contributed by atoms with Crippen molar-refractivity contribution in [1.29, 1.82) is 0 Å². The summed E-state index contributed by atoms with van der Waals surface area (Å²) >= 11 is 0. The van der Waals surface area contributed by atoms with Gasteiger partial charge in [-0.3, -0.25) is 0 Å². The Labute approximate surface area is 43.7 Å². The predicted molar refractivity (Wildman–Crippen MR) is 27.5 cm³/mol. The summed E-state index contributed by atoms with van der Waals surface area (Å²) < 4.78 is 0. The normalized spacial score (nSPS) is 14.6. The van der Waals surface area contributed by atoms with Crippen molar-refractivity contribution in [2.45, 2.75) is 13.8 Å². The van der Waals surface area contributed by atoms with Gasteiger partial charge in [-0.15, -0.1) is 0 Å². The third kappa shape index (κ3) is 3.33. The molecule has 0 unspecified atom stereocenters. The van der Waals surface area contributed by atoms with Gasteiger partial charge in [-0.25, -0.2) is 0 Å². The van der Waals surface area contributed by atoms with Gasteiger partial charge in [0.15, 0.2) is 0 Å². The molecular weight excluding hydrogens is 92.1 g/mol. The van der Waals surface area contributed by atoms with Gasteiger partial charge in [-0.1, -0.05) is 13.8 Å². The van der Waals surface area contributed by atoms with Crippen molar-refractivity contribution in [3.05, 3.63) is 12.3 Å². The van der Waals surface area contributed by atoms with Gasteiger partial charge in [0.05, 0.1) is 0 Å². The van der Waals surface area contributed by atoms with Crippen molar-refractivity contribution in [2.75, 3.05) is 6.61 Å². The lowest BCUT2D eigenvalue weighted by Gasteiger charge is -1.80. The number of hydrogen-bond donors (Lipinski definition) is 0. The van der Waals surface area contributed by atoms with Crippen LogP contribution < -0.4 is 0 Å². The van der Waals surface area contributed by atoms with Gasteiger partial charge >= 0.3 is 0 Å². The van der Waals surface area contributed by atoms with Crippen LogP contribution in [-0.2, 0) is 9.78 Å². The zero-order chi connectivity index (χ0) is 5.54. The molecule has 0 aromatic carbocycles. The average molecular weight is 102 g/mol. The molecule has 0 saturated heterocycles. The molecular formula is C5H10O2. The van der Waals surface area contributed by atoms with Crippen LogP contribution in [0, 0.1) is 0 Å². The van der Waals surface area contributed by atoms with E-state index in [9.17, 15) is 0 Å². The van der Waals surface area contributed by atoms with Crippen molar-refractivity contribution >= 4 is 0 Å². The molecule has 7 heavy (non-hydrogen) atoms. The maximum atomic E-state index is 4.33. The topological polar surface area (TPSA) is 18.5 Å². The molecule has 1 aliphatic heterocycles. The first-order valence-corrected chi connectivity index (χ1v) is 2.43. The molecule has 0 spiro atoms. The van der Waals surface area contributed by atoms with E-state index < -0.39 is 0 Å². The standard InChI is InChI=1S/C3H4O2.C2H6/c1-2-4-5-3-1;1-2/h1-2H,3H2;1-2H3. The molecule has 0 amide bonds. The minimum atomic E-state index is 0.597. The third-order valence-electron chi connectivity index (χ3n) is 0.384. The van der Waals surface area contributed by atoms with Crippen LogP contribution in [0.2, 0.25) is 0 Å². The summed E-state index contributed by atoms with van der Waals surface area (Å²) in [7, 11) is 0. The first-order chi connectivity index (χ1) is 3.50. The quantitative estimate of drug-likeness (QED) is 0.431. The Morgan fingerprint density at radius 2 is 2.14 bits per heavy atom. The fraction of sp³-hybridized carbons (Fsp3) is 0.600. The second-order valence-corrected chi connectivity index (χ2v) is 0.753. The minimum Gasteiger partial charge on any atom is -0.345 e. The van der Waals surface area contributed by atoms with Crippen LogP contribution in [-0.4, -0.2) is 6.61 Å². The van der Waals surface area contributed by atoms with Crippen LogP contribution in [0.3, 0.4) is 0 Å². The summed E-state index contributed by atoms with van der Waals surface area (Å²) in [5.41, 5.74) is 0. The molecule has 2 nitrogen and oxygen atoms in total. The van der Waals surface area contributed by atoms with Crippen LogP contribution >= 0.6 is 0 Å². The van der Waals surface area contributed by atoms with Crippen LogP contribution in [0.25, 0.3) is 0 Å². The van der Waals surface area contributed by atoms with Crippen molar-refractivity contribution in [3.8, 4) is 0 Å². The highest BCUT2D eigenvalue weighted by molar-refractivity contribution is 4.73. The second kappa shape index (κ2) is 5.50.